The van der Waals surface area contributed by atoms with Gasteiger partial charge in [0.15, 0.2) is 0 Å². The van der Waals surface area contributed by atoms with Gasteiger partial charge in [-0.2, -0.15) is 0 Å². The van der Waals surface area contributed by atoms with E-state index in [1.165, 1.54) is 51.4 Å². The van der Waals surface area contributed by atoms with Gasteiger partial charge in [-0.05, 0) is 69.1 Å². The first-order valence-corrected chi connectivity index (χ1v) is 13.5. The molecule has 0 N–H and O–H groups in total. The Balaban J connectivity index is 3.96. The molecule has 0 atom stereocenters. The first kappa shape index (κ1) is 21.9. The van der Waals surface area contributed by atoms with Gasteiger partial charge in [0, 0.05) is 0 Å². The van der Waals surface area contributed by atoms with Crippen LogP contribution in [-0.2, 0) is 0 Å². The third-order valence-electron chi connectivity index (χ3n) is 4.26. The maximum atomic E-state index is 2.35. The molecule has 21 heavy (non-hydrogen) atoms. The van der Waals surface area contributed by atoms with Crippen LogP contribution >= 0.6 is 15.8 Å². The Labute approximate surface area is 138 Å². The molecule has 0 radical (unpaired) electrons. The summed E-state index contributed by atoms with van der Waals surface area (Å²) in [4.78, 5) is 0. The maximum Gasteiger partial charge on any atom is -0.0323 e. The molecule has 128 valence electrons. The van der Waals surface area contributed by atoms with Crippen LogP contribution in [0.5, 0.6) is 0 Å². The predicted molar refractivity (Wildman–Crippen MR) is 107 cm³/mol. The van der Waals surface area contributed by atoms with Gasteiger partial charge in [-0.3, -0.25) is 0 Å². The van der Waals surface area contributed by atoms with Gasteiger partial charge in [-0.1, -0.05) is 53.4 Å². The molecule has 0 fully saturated rings. The van der Waals surface area contributed by atoms with Crippen LogP contribution in [0.1, 0.15) is 85.5 Å². The minimum Gasteiger partial charge on any atom is -0.107 e. The fourth-order valence-electron chi connectivity index (χ4n) is 2.72. The zero-order valence-electron chi connectivity index (χ0n) is 15.5. The highest BCUT2D eigenvalue weighted by atomic mass is 31.1. The van der Waals surface area contributed by atoms with Gasteiger partial charge in [0.2, 0.25) is 0 Å². The zero-order valence-corrected chi connectivity index (χ0v) is 17.3. The predicted octanol–water partition coefficient (Wildman–Crippen LogP) is 7.54. The zero-order chi connectivity index (χ0) is 15.8. The van der Waals surface area contributed by atoms with Crippen LogP contribution in [0, 0.1) is 0 Å². The summed E-state index contributed by atoms with van der Waals surface area (Å²) in [7, 11) is 0.763. The fourth-order valence-corrected chi connectivity index (χ4v) is 8.57. The van der Waals surface area contributed by atoms with E-state index in [4.69, 9.17) is 0 Å². The molecule has 0 saturated carbocycles. The maximum absolute atomic E-state index is 2.35. The van der Waals surface area contributed by atoms with E-state index in [1.54, 1.807) is 43.4 Å². The molecular weight excluding hydrogens is 290 g/mol. The van der Waals surface area contributed by atoms with E-state index >= 15 is 0 Å². The highest BCUT2D eigenvalue weighted by Crippen LogP contribution is 2.43. The van der Waals surface area contributed by atoms with Crippen LogP contribution in [-0.4, -0.2) is 37.0 Å². The molecular formula is C19H42P2. The van der Waals surface area contributed by atoms with Crippen LogP contribution < -0.4 is 0 Å². The molecule has 0 saturated heterocycles. The minimum absolute atomic E-state index is 0.381. The van der Waals surface area contributed by atoms with E-state index in [9.17, 15) is 0 Å². The molecule has 0 aliphatic heterocycles. The van der Waals surface area contributed by atoms with E-state index in [2.05, 4.69) is 27.7 Å². The van der Waals surface area contributed by atoms with E-state index in [1.807, 2.05) is 0 Å². The molecule has 0 bridgehead atoms. The molecule has 0 rings (SSSR count). The SMILES string of the molecule is CCCCP(CCCC)CCCP(CCCC)CCCC. The monoisotopic (exact) mass is 332 g/mol. The normalized spacial score (nSPS) is 11.7. The van der Waals surface area contributed by atoms with Crippen LogP contribution in [0.4, 0.5) is 0 Å². The first-order chi connectivity index (χ1) is 10.3. The number of hydrogen-bond donors (Lipinski definition) is 0. The van der Waals surface area contributed by atoms with Crippen molar-refractivity contribution in [2.24, 2.45) is 0 Å². The standard InChI is InChI=1S/C19H42P2/c1-5-9-14-20(15-10-6-2)18-13-19-21(16-11-7-3)17-12-8-4/h5-19H2,1-4H3. The highest BCUT2D eigenvalue weighted by molar-refractivity contribution is 7.58. The van der Waals surface area contributed by atoms with Gasteiger partial charge in [-0.15, -0.1) is 15.8 Å². The second kappa shape index (κ2) is 17.2. The molecule has 0 aromatic carbocycles. The van der Waals surface area contributed by atoms with Crippen molar-refractivity contribution in [1.29, 1.82) is 0 Å². The molecule has 0 aliphatic rings. The lowest BCUT2D eigenvalue weighted by Crippen LogP contribution is -2.01. The van der Waals surface area contributed by atoms with Crippen molar-refractivity contribution in [1.82, 2.24) is 0 Å². The number of unbranched alkanes of at least 4 members (excludes halogenated alkanes) is 4. The van der Waals surface area contributed by atoms with Gasteiger partial charge < -0.3 is 0 Å². The average molecular weight is 332 g/mol. The summed E-state index contributed by atoms with van der Waals surface area (Å²) in [6, 6.07) is 0. The Hall–Kier alpha value is 0.860. The van der Waals surface area contributed by atoms with Crippen molar-refractivity contribution in [3.8, 4) is 0 Å². The van der Waals surface area contributed by atoms with Crippen molar-refractivity contribution < 1.29 is 0 Å². The van der Waals surface area contributed by atoms with E-state index in [0.29, 0.717) is 15.8 Å². The summed E-state index contributed by atoms with van der Waals surface area (Å²) in [5, 5.41) is 0. The van der Waals surface area contributed by atoms with Gasteiger partial charge in [0.05, 0.1) is 0 Å². The Morgan fingerprint density at radius 3 is 0.857 bits per heavy atom. The van der Waals surface area contributed by atoms with Crippen LogP contribution in [0.25, 0.3) is 0 Å². The summed E-state index contributed by atoms with van der Waals surface area (Å²) < 4.78 is 0. The van der Waals surface area contributed by atoms with Gasteiger partial charge in [0.25, 0.3) is 0 Å². The number of rotatable bonds is 16. The van der Waals surface area contributed by atoms with E-state index in [-0.39, 0.29) is 0 Å². The summed E-state index contributed by atoms with van der Waals surface area (Å²) in [6.07, 6.45) is 22.5. The van der Waals surface area contributed by atoms with E-state index in [0.717, 1.165) is 0 Å². The van der Waals surface area contributed by atoms with Gasteiger partial charge in [0.1, 0.15) is 0 Å². The van der Waals surface area contributed by atoms with Crippen molar-refractivity contribution >= 4 is 15.8 Å². The lowest BCUT2D eigenvalue weighted by molar-refractivity contribution is 0.857. The topological polar surface area (TPSA) is 0 Å². The first-order valence-electron chi connectivity index (χ1n) is 9.73. The Morgan fingerprint density at radius 2 is 0.619 bits per heavy atom. The minimum atomic E-state index is 0.381. The second-order valence-electron chi connectivity index (χ2n) is 6.45. The molecule has 0 aromatic rings. The van der Waals surface area contributed by atoms with E-state index < -0.39 is 0 Å². The number of hydrogen-bond acceptors (Lipinski definition) is 0. The van der Waals surface area contributed by atoms with Crippen LogP contribution in [0.3, 0.4) is 0 Å². The average Bonchev–Trinajstić information content (AvgIpc) is 2.51. The van der Waals surface area contributed by atoms with Crippen molar-refractivity contribution in [3.05, 3.63) is 0 Å². The smallest absolute Gasteiger partial charge is 0.0323 e. The largest absolute Gasteiger partial charge is 0.107 e. The van der Waals surface area contributed by atoms with Crippen LogP contribution in [0.2, 0.25) is 0 Å². The Morgan fingerprint density at radius 1 is 0.381 bits per heavy atom. The fraction of sp³-hybridized carbons (Fsp3) is 1.00. The third kappa shape index (κ3) is 14.2. The lowest BCUT2D eigenvalue weighted by Gasteiger charge is -2.21. The van der Waals surface area contributed by atoms with Crippen LogP contribution in [0.15, 0.2) is 0 Å². The van der Waals surface area contributed by atoms with Gasteiger partial charge >= 0.3 is 0 Å². The highest BCUT2D eigenvalue weighted by Gasteiger charge is 2.10. The summed E-state index contributed by atoms with van der Waals surface area (Å²) >= 11 is 0. The molecule has 0 spiro atoms. The second-order valence-corrected chi connectivity index (χ2v) is 11.8. The molecule has 2 heteroatoms. The van der Waals surface area contributed by atoms with Crippen molar-refractivity contribution in [3.63, 3.8) is 0 Å². The summed E-state index contributed by atoms with van der Waals surface area (Å²) in [5.41, 5.74) is 0. The molecule has 0 amide bonds. The Bertz CT molecular complexity index is 158. The summed E-state index contributed by atoms with van der Waals surface area (Å²) in [6.45, 7) is 9.40. The molecule has 0 heterocycles. The van der Waals surface area contributed by atoms with Crippen molar-refractivity contribution in [2.75, 3.05) is 37.0 Å². The van der Waals surface area contributed by atoms with Crippen molar-refractivity contribution in [2.45, 2.75) is 85.5 Å². The molecule has 0 aliphatic carbocycles. The third-order valence-corrected chi connectivity index (χ3v) is 9.95. The molecule has 0 aromatic heterocycles. The Kier molecular flexibility index (Phi) is 17.9. The molecule has 0 unspecified atom stereocenters. The molecule has 0 nitrogen and oxygen atoms in total. The summed E-state index contributed by atoms with van der Waals surface area (Å²) in [5.74, 6) is 0. The lowest BCUT2D eigenvalue weighted by atomic mass is 10.4. The quantitative estimate of drug-likeness (QED) is 0.256. The van der Waals surface area contributed by atoms with Gasteiger partial charge in [-0.25, -0.2) is 0 Å².